The maximum absolute atomic E-state index is 5.52. The molecule has 0 bridgehead atoms. The van der Waals surface area contributed by atoms with Gasteiger partial charge < -0.3 is 10.2 Å². The van der Waals surface area contributed by atoms with Gasteiger partial charge in [0.15, 0.2) is 10.6 Å². The van der Waals surface area contributed by atoms with E-state index < -0.39 is 0 Å². The summed E-state index contributed by atoms with van der Waals surface area (Å²) in [6.45, 7) is 5.06. The first-order chi connectivity index (χ1) is 12.2. The Morgan fingerprint density at radius 3 is 2.72 bits per heavy atom. The van der Waals surface area contributed by atoms with Gasteiger partial charge in [-0.25, -0.2) is 0 Å². The fourth-order valence-corrected chi connectivity index (χ4v) is 4.23. The third-order valence-corrected chi connectivity index (χ3v) is 5.81. The summed E-state index contributed by atoms with van der Waals surface area (Å²) in [6.07, 6.45) is 1.12. The van der Waals surface area contributed by atoms with Crippen molar-refractivity contribution < 1.29 is 4.90 Å². The minimum absolute atomic E-state index is 0.819. The summed E-state index contributed by atoms with van der Waals surface area (Å²) in [4.78, 5) is 1.50. The Kier molecular flexibility index (Phi) is 4.65. The minimum Gasteiger partial charge on any atom is -0.330 e. The van der Waals surface area contributed by atoms with E-state index in [0.717, 1.165) is 41.0 Å². The molecule has 1 atom stereocenters. The molecule has 0 saturated heterocycles. The van der Waals surface area contributed by atoms with Crippen LogP contribution in [0.4, 0.5) is 10.8 Å². The number of hydrogen-bond acceptors (Lipinski definition) is 4. The maximum Gasteiger partial charge on any atom is 0.209 e. The Morgan fingerprint density at radius 2 is 1.92 bits per heavy atom. The smallest absolute Gasteiger partial charge is 0.209 e. The van der Waals surface area contributed by atoms with E-state index >= 15 is 0 Å². The van der Waals surface area contributed by atoms with Crippen LogP contribution in [-0.4, -0.2) is 16.3 Å². The lowest BCUT2D eigenvalue weighted by Crippen LogP contribution is -3.11. The zero-order valence-electron chi connectivity index (χ0n) is 14.2. The van der Waals surface area contributed by atoms with Crippen molar-refractivity contribution in [1.82, 2.24) is 9.78 Å². The van der Waals surface area contributed by atoms with Crippen molar-refractivity contribution in [3.63, 3.8) is 0 Å². The van der Waals surface area contributed by atoms with Crippen LogP contribution in [0.15, 0.2) is 48.5 Å². The highest BCUT2D eigenvalue weighted by Gasteiger charge is 2.20. The van der Waals surface area contributed by atoms with Gasteiger partial charge in [-0.3, -0.25) is 0 Å². The molecule has 1 unspecified atom stereocenters. The molecule has 1 aromatic heterocycles. The molecule has 2 N–H and O–H groups in total. The highest BCUT2D eigenvalue weighted by molar-refractivity contribution is 7.73. The highest BCUT2D eigenvalue weighted by Crippen LogP contribution is 2.20. The molecule has 1 aliphatic rings. The number of anilines is 2. The SMILES string of the molecule is Cc1ccc(Nc2nn(C[NH+]3CCc4ccccc4C3)c(=S)s2)cc1. The topological polar surface area (TPSA) is 34.3 Å². The van der Waals surface area contributed by atoms with Gasteiger partial charge in [0.2, 0.25) is 5.13 Å². The predicted octanol–water partition coefficient (Wildman–Crippen LogP) is 3.32. The number of hydrogen-bond donors (Lipinski definition) is 2. The third-order valence-electron chi connectivity index (χ3n) is 4.59. The van der Waals surface area contributed by atoms with Crippen LogP contribution in [0.5, 0.6) is 0 Å². The molecule has 0 fully saturated rings. The first-order valence-corrected chi connectivity index (χ1v) is 9.72. The van der Waals surface area contributed by atoms with Gasteiger partial charge in [-0.05, 0) is 36.8 Å². The van der Waals surface area contributed by atoms with Crippen LogP contribution in [0.3, 0.4) is 0 Å². The van der Waals surface area contributed by atoms with E-state index in [4.69, 9.17) is 12.2 Å². The van der Waals surface area contributed by atoms with E-state index in [2.05, 4.69) is 65.9 Å². The van der Waals surface area contributed by atoms with Crippen LogP contribution in [0.1, 0.15) is 16.7 Å². The van der Waals surface area contributed by atoms with Crippen molar-refractivity contribution in [3.8, 4) is 0 Å². The van der Waals surface area contributed by atoms with E-state index in [1.807, 2.05) is 4.68 Å². The Morgan fingerprint density at radius 1 is 1.16 bits per heavy atom. The van der Waals surface area contributed by atoms with Gasteiger partial charge >= 0.3 is 0 Å². The molecule has 3 aromatic rings. The molecule has 2 heterocycles. The molecule has 4 nitrogen and oxygen atoms in total. The van der Waals surface area contributed by atoms with Crippen LogP contribution in [0, 0.1) is 10.9 Å². The number of aromatic nitrogens is 2. The van der Waals surface area contributed by atoms with Gasteiger partial charge in [0.25, 0.3) is 0 Å². The molecule has 0 amide bonds. The lowest BCUT2D eigenvalue weighted by atomic mass is 10.0. The van der Waals surface area contributed by atoms with E-state index in [1.54, 1.807) is 0 Å². The maximum atomic E-state index is 5.52. The molecule has 128 valence electrons. The molecule has 0 radical (unpaired) electrons. The molecular formula is C19H21N4S2+. The minimum atomic E-state index is 0.819. The standard InChI is InChI=1S/C19H20N4S2/c1-14-6-8-17(9-7-14)20-18-21-23(19(24)25-18)13-22-11-10-15-4-2-3-5-16(15)12-22/h2-9H,10-13H2,1H3,(H,20,21)/p+1. The number of quaternary nitrogens is 1. The molecule has 0 saturated carbocycles. The molecule has 1 aliphatic heterocycles. The lowest BCUT2D eigenvalue weighted by Gasteiger charge is -2.25. The Hall–Kier alpha value is -2.02. The fraction of sp³-hybridized carbons (Fsp3) is 0.263. The largest absolute Gasteiger partial charge is 0.330 e. The van der Waals surface area contributed by atoms with Crippen molar-refractivity contribution in [3.05, 3.63) is 69.2 Å². The van der Waals surface area contributed by atoms with Crippen molar-refractivity contribution in [2.75, 3.05) is 11.9 Å². The van der Waals surface area contributed by atoms with E-state index in [1.165, 1.54) is 32.9 Å². The average molecular weight is 370 g/mol. The Bertz CT molecular complexity index is 927. The zero-order valence-corrected chi connectivity index (χ0v) is 15.8. The van der Waals surface area contributed by atoms with Crippen LogP contribution in [0.2, 0.25) is 0 Å². The first kappa shape index (κ1) is 16.4. The van der Waals surface area contributed by atoms with Crippen LogP contribution >= 0.6 is 23.6 Å². The number of aryl methyl sites for hydroxylation is 1. The summed E-state index contributed by atoms with van der Waals surface area (Å²) in [5.41, 5.74) is 5.22. The normalized spacial score (nSPS) is 16.4. The van der Waals surface area contributed by atoms with Crippen LogP contribution in [-0.2, 0) is 19.6 Å². The second kappa shape index (κ2) is 7.07. The number of nitrogens with one attached hydrogen (secondary N) is 2. The highest BCUT2D eigenvalue weighted by atomic mass is 32.1. The summed E-state index contributed by atoms with van der Waals surface area (Å²) in [7, 11) is 0. The Labute approximate surface area is 156 Å². The van der Waals surface area contributed by atoms with Crippen molar-refractivity contribution in [2.24, 2.45) is 0 Å². The van der Waals surface area contributed by atoms with Gasteiger partial charge in [-0.1, -0.05) is 53.3 Å². The van der Waals surface area contributed by atoms with Crippen molar-refractivity contribution >= 4 is 34.4 Å². The van der Waals surface area contributed by atoms with Gasteiger partial charge in [0.05, 0.1) is 6.54 Å². The summed E-state index contributed by atoms with van der Waals surface area (Å²) in [5.74, 6) is 0. The fourth-order valence-electron chi connectivity index (χ4n) is 3.21. The van der Waals surface area contributed by atoms with Crippen molar-refractivity contribution in [2.45, 2.75) is 26.6 Å². The Balaban J connectivity index is 1.46. The molecular weight excluding hydrogens is 348 g/mol. The number of rotatable bonds is 4. The third kappa shape index (κ3) is 3.81. The number of nitrogens with zero attached hydrogens (tertiary/aromatic N) is 2. The summed E-state index contributed by atoms with van der Waals surface area (Å²) in [6, 6.07) is 17.0. The summed E-state index contributed by atoms with van der Waals surface area (Å²) in [5, 5.41) is 8.88. The average Bonchev–Trinajstić information content (AvgIpc) is 2.96. The monoisotopic (exact) mass is 369 g/mol. The number of fused-ring (bicyclic) bond motifs is 1. The van der Waals surface area contributed by atoms with Gasteiger partial charge in [-0.2, -0.15) is 4.68 Å². The second-order valence-electron chi connectivity index (χ2n) is 6.52. The molecule has 0 spiro atoms. The zero-order chi connectivity index (χ0) is 17.2. The summed E-state index contributed by atoms with van der Waals surface area (Å²) < 4.78 is 2.78. The van der Waals surface area contributed by atoms with Crippen molar-refractivity contribution in [1.29, 1.82) is 0 Å². The van der Waals surface area contributed by atoms with E-state index in [9.17, 15) is 0 Å². The van der Waals surface area contributed by atoms with E-state index in [0.29, 0.717) is 0 Å². The van der Waals surface area contributed by atoms with E-state index in [-0.39, 0.29) is 0 Å². The molecule has 25 heavy (non-hydrogen) atoms. The van der Waals surface area contributed by atoms with Gasteiger partial charge in [0, 0.05) is 17.7 Å². The molecule has 0 aliphatic carbocycles. The van der Waals surface area contributed by atoms with Gasteiger partial charge in [0.1, 0.15) is 6.54 Å². The predicted molar refractivity (Wildman–Crippen MR) is 105 cm³/mol. The first-order valence-electron chi connectivity index (χ1n) is 8.49. The number of benzene rings is 2. The second-order valence-corrected chi connectivity index (χ2v) is 8.14. The quantitative estimate of drug-likeness (QED) is 0.693. The van der Waals surface area contributed by atoms with Crippen LogP contribution in [0.25, 0.3) is 0 Å². The molecule has 6 heteroatoms. The molecule has 4 rings (SSSR count). The van der Waals surface area contributed by atoms with Gasteiger partial charge in [-0.15, -0.1) is 5.10 Å². The molecule has 2 aromatic carbocycles. The lowest BCUT2D eigenvalue weighted by molar-refractivity contribution is -0.938. The summed E-state index contributed by atoms with van der Waals surface area (Å²) >= 11 is 7.05. The van der Waals surface area contributed by atoms with Crippen LogP contribution < -0.4 is 10.2 Å².